The summed E-state index contributed by atoms with van der Waals surface area (Å²) in [5, 5.41) is 10.5. The minimum atomic E-state index is -4.45. The fourth-order valence-corrected chi connectivity index (χ4v) is 1.85. The highest BCUT2D eigenvalue weighted by Crippen LogP contribution is 2.32. The number of nitrogens with one attached hydrogen (secondary N) is 1. The Labute approximate surface area is 121 Å². The Kier molecular flexibility index (Phi) is 5.24. The smallest absolute Gasteiger partial charge is 0.389 e. The Morgan fingerprint density at radius 3 is 2.10 bits per heavy atom. The third kappa shape index (κ3) is 4.90. The summed E-state index contributed by atoms with van der Waals surface area (Å²) >= 11 is 11.5. The molecule has 1 aromatic rings. The molecule has 1 amide bonds. The molecular formula is C11H8Cl2F3NO3. The largest absolute Gasteiger partial charge is 0.478 e. The summed E-state index contributed by atoms with van der Waals surface area (Å²) in [6, 6.07) is 2.07. The first-order chi connectivity index (χ1) is 9.10. The number of benzene rings is 1. The third-order valence-electron chi connectivity index (χ3n) is 2.19. The Morgan fingerprint density at radius 2 is 1.70 bits per heavy atom. The van der Waals surface area contributed by atoms with Gasteiger partial charge >= 0.3 is 12.1 Å². The summed E-state index contributed by atoms with van der Waals surface area (Å²) in [6.07, 6.45) is -6.50. The predicted octanol–water partition coefficient (Wildman–Crippen LogP) is 3.97. The molecule has 20 heavy (non-hydrogen) atoms. The first-order valence-corrected chi connectivity index (χ1v) is 5.94. The summed E-state index contributed by atoms with van der Waals surface area (Å²) < 4.78 is 35.9. The summed E-state index contributed by atoms with van der Waals surface area (Å²) in [4.78, 5) is 22.1. The number of carbonyl (C=O) groups is 2. The van der Waals surface area contributed by atoms with Gasteiger partial charge in [0, 0.05) is 6.42 Å². The zero-order valence-electron chi connectivity index (χ0n) is 9.72. The number of carboxylic acid groups (broad SMARTS) is 1. The number of hydrogen-bond acceptors (Lipinski definition) is 2. The van der Waals surface area contributed by atoms with E-state index in [4.69, 9.17) is 28.3 Å². The summed E-state index contributed by atoms with van der Waals surface area (Å²) in [7, 11) is 0. The molecule has 110 valence electrons. The molecule has 4 nitrogen and oxygen atoms in total. The van der Waals surface area contributed by atoms with Gasteiger partial charge in [0.15, 0.2) is 0 Å². The first kappa shape index (κ1) is 16.6. The average Bonchev–Trinajstić information content (AvgIpc) is 2.30. The minimum Gasteiger partial charge on any atom is -0.478 e. The van der Waals surface area contributed by atoms with E-state index in [2.05, 4.69) is 5.32 Å². The lowest BCUT2D eigenvalue weighted by Crippen LogP contribution is -2.17. The summed E-state index contributed by atoms with van der Waals surface area (Å²) in [6.45, 7) is 0. The second kappa shape index (κ2) is 6.32. The lowest BCUT2D eigenvalue weighted by atomic mass is 10.2. The molecule has 0 spiro atoms. The number of anilines is 1. The number of alkyl halides is 3. The van der Waals surface area contributed by atoms with Crippen molar-refractivity contribution in [1.29, 1.82) is 0 Å². The molecule has 2 N–H and O–H groups in total. The van der Waals surface area contributed by atoms with Crippen molar-refractivity contribution in [2.24, 2.45) is 0 Å². The Balaban J connectivity index is 2.83. The van der Waals surface area contributed by atoms with Crippen LogP contribution in [0.3, 0.4) is 0 Å². The van der Waals surface area contributed by atoms with E-state index in [-0.39, 0.29) is 21.3 Å². The van der Waals surface area contributed by atoms with Crippen LogP contribution in [0.15, 0.2) is 12.1 Å². The molecule has 0 aliphatic heterocycles. The van der Waals surface area contributed by atoms with Gasteiger partial charge in [-0.15, -0.1) is 0 Å². The minimum absolute atomic E-state index is 0.120. The van der Waals surface area contributed by atoms with Crippen LogP contribution in [0.25, 0.3) is 0 Å². The van der Waals surface area contributed by atoms with E-state index in [1.165, 1.54) is 0 Å². The Hall–Kier alpha value is -1.47. The van der Waals surface area contributed by atoms with E-state index in [9.17, 15) is 22.8 Å². The maximum atomic E-state index is 12.0. The van der Waals surface area contributed by atoms with Crippen LogP contribution in [0.1, 0.15) is 23.2 Å². The lowest BCUT2D eigenvalue weighted by Gasteiger charge is -2.11. The van der Waals surface area contributed by atoms with Crippen LogP contribution in [-0.4, -0.2) is 23.2 Å². The summed E-state index contributed by atoms with van der Waals surface area (Å²) in [5.74, 6) is -2.20. The van der Waals surface area contributed by atoms with Crippen molar-refractivity contribution >= 4 is 40.8 Å². The van der Waals surface area contributed by atoms with Crippen LogP contribution in [0.5, 0.6) is 0 Å². The fraction of sp³-hybridized carbons (Fsp3) is 0.273. The average molecular weight is 330 g/mol. The van der Waals surface area contributed by atoms with Gasteiger partial charge in [0.2, 0.25) is 5.91 Å². The molecule has 0 bridgehead atoms. The van der Waals surface area contributed by atoms with Gasteiger partial charge in [-0.3, -0.25) is 4.79 Å². The zero-order valence-corrected chi connectivity index (χ0v) is 11.2. The lowest BCUT2D eigenvalue weighted by molar-refractivity contribution is -0.142. The Morgan fingerprint density at radius 1 is 1.20 bits per heavy atom. The van der Waals surface area contributed by atoms with Gasteiger partial charge < -0.3 is 10.4 Å². The molecule has 0 fully saturated rings. The number of hydrogen-bond donors (Lipinski definition) is 2. The van der Waals surface area contributed by atoms with Gasteiger partial charge in [0.05, 0.1) is 27.7 Å². The van der Waals surface area contributed by atoms with Crippen LogP contribution in [0.4, 0.5) is 18.9 Å². The van der Waals surface area contributed by atoms with Crippen molar-refractivity contribution in [1.82, 2.24) is 0 Å². The number of carbonyl (C=O) groups excluding carboxylic acids is 1. The molecule has 0 heterocycles. The molecule has 0 aliphatic carbocycles. The molecule has 0 aromatic heterocycles. The monoisotopic (exact) mass is 329 g/mol. The maximum Gasteiger partial charge on any atom is 0.389 e. The number of aromatic carboxylic acids is 1. The van der Waals surface area contributed by atoms with Gasteiger partial charge in [0.1, 0.15) is 0 Å². The molecule has 0 saturated heterocycles. The summed E-state index contributed by atoms with van der Waals surface area (Å²) in [5.41, 5.74) is -0.321. The van der Waals surface area contributed by atoms with E-state index < -0.39 is 30.9 Å². The molecule has 0 aliphatic rings. The van der Waals surface area contributed by atoms with Gasteiger partial charge in [-0.1, -0.05) is 23.2 Å². The van der Waals surface area contributed by atoms with Gasteiger partial charge in [-0.2, -0.15) is 13.2 Å². The third-order valence-corrected chi connectivity index (χ3v) is 2.79. The van der Waals surface area contributed by atoms with E-state index in [0.29, 0.717) is 0 Å². The highest BCUT2D eigenvalue weighted by Gasteiger charge is 2.28. The quantitative estimate of drug-likeness (QED) is 0.878. The molecule has 1 rings (SSSR count). The van der Waals surface area contributed by atoms with E-state index in [1.54, 1.807) is 0 Å². The SMILES string of the molecule is O=C(CCC(F)(F)F)Nc1c(Cl)cc(C(=O)O)cc1Cl. The van der Waals surface area contributed by atoms with Crippen molar-refractivity contribution in [2.75, 3.05) is 5.32 Å². The molecule has 0 atom stereocenters. The number of carboxylic acids is 1. The van der Waals surface area contributed by atoms with Crippen molar-refractivity contribution in [3.63, 3.8) is 0 Å². The van der Waals surface area contributed by atoms with E-state index >= 15 is 0 Å². The molecule has 0 unspecified atom stereocenters. The highest BCUT2D eigenvalue weighted by molar-refractivity contribution is 6.40. The molecule has 9 heteroatoms. The van der Waals surface area contributed by atoms with E-state index in [1.807, 2.05) is 0 Å². The van der Waals surface area contributed by atoms with Crippen LogP contribution < -0.4 is 5.32 Å². The van der Waals surface area contributed by atoms with E-state index in [0.717, 1.165) is 12.1 Å². The van der Waals surface area contributed by atoms with Gasteiger partial charge in [-0.25, -0.2) is 4.79 Å². The van der Waals surface area contributed by atoms with Gasteiger partial charge in [0.25, 0.3) is 0 Å². The second-order valence-electron chi connectivity index (χ2n) is 3.78. The number of halogens is 5. The zero-order chi connectivity index (χ0) is 15.5. The van der Waals surface area contributed by atoms with Crippen LogP contribution in [0, 0.1) is 0 Å². The normalized spacial score (nSPS) is 11.2. The van der Waals surface area contributed by atoms with Crippen LogP contribution >= 0.6 is 23.2 Å². The van der Waals surface area contributed by atoms with Crippen LogP contribution in [0.2, 0.25) is 10.0 Å². The number of amides is 1. The molecule has 0 saturated carbocycles. The first-order valence-electron chi connectivity index (χ1n) is 5.19. The molecule has 1 aromatic carbocycles. The maximum absolute atomic E-state index is 12.0. The highest BCUT2D eigenvalue weighted by atomic mass is 35.5. The van der Waals surface area contributed by atoms with Crippen molar-refractivity contribution < 1.29 is 27.9 Å². The predicted molar refractivity (Wildman–Crippen MR) is 67.3 cm³/mol. The van der Waals surface area contributed by atoms with Crippen molar-refractivity contribution in [2.45, 2.75) is 19.0 Å². The number of rotatable bonds is 4. The second-order valence-corrected chi connectivity index (χ2v) is 4.60. The Bertz CT molecular complexity index is 523. The fourth-order valence-electron chi connectivity index (χ4n) is 1.27. The van der Waals surface area contributed by atoms with Gasteiger partial charge in [-0.05, 0) is 12.1 Å². The molecule has 0 radical (unpaired) electrons. The van der Waals surface area contributed by atoms with Crippen molar-refractivity contribution in [3.8, 4) is 0 Å². The molecular weight excluding hydrogens is 322 g/mol. The standard InChI is InChI=1S/C11H8Cl2F3NO3/c12-6-3-5(10(19)20)4-7(13)9(6)17-8(18)1-2-11(14,15)16/h3-4H,1-2H2,(H,17,18)(H,19,20). The topological polar surface area (TPSA) is 66.4 Å². The van der Waals surface area contributed by atoms with Crippen molar-refractivity contribution in [3.05, 3.63) is 27.7 Å². The van der Waals surface area contributed by atoms with Crippen LogP contribution in [-0.2, 0) is 4.79 Å².